The molecule has 0 bridgehead atoms. The molecular weight excluding hydrogens is 297 g/mol. The van der Waals surface area contributed by atoms with Gasteiger partial charge in [0.25, 0.3) is 0 Å². The average molecular weight is 315 g/mol. The number of fused-ring (bicyclic) bond motifs is 1. The Hall–Kier alpha value is -2.56. The zero-order chi connectivity index (χ0) is 16.4. The monoisotopic (exact) mass is 315 g/mol. The van der Waals surface area contributed by atoms with Gasteiger partial charge in [0, 0.05) is 12.6 Å². The minimum Gasteiger partial charge on any atom is -0.486 e. The van der Waals surface area contributed by atoms with E-state index in [-0.39, 0.29) is 17.5 Å². The summed E-state index contributed by atoms with van der Waals surface area (Å²) < 4.78 is 19.4. The van der Waals surface area contributed by atoms with Gasteiger partial charge in [0.05, 0.1) is 17.8 Å². The Morgan fingerprint density at radius 1 is 1.30 bits per heavy atom. The van der Waals surface area contributed by atoms with Crippen LogP contribution in [-0.4, -0.2) is 23.7 Å². The van der Waals surface area contributed by atoms with Crippen LogP contribution in [0.3, 0.4) is 0 Å². The average Bonchev–Trinajstić information content (AvgIpc) is 2.55. The van der Waals surface area contributed by atoms with E-state index in [2.05, 4.69) is 11.8 Å². The number of aromatic carboxylic acids is 1. The van der Waals surface area contributed by atoms with E-state index in [0.29, 0.717) is 18.8 Å². The number of rotatable bonds is 4. The van der Waals surface area contributed by atoms with E-state index in [4.69, 9.17) is 9.84 Å². The van der Waals surface area contributed by atoms with Gasteiger partial charge in [-0.05, 0) is 36.2 Å². The van der Waals surface area contributed by atoms with E-state index in [1.807, 2.05) is 0 Å². The van der Waals surface area contributed by atoms with Crippen LogP contribution in [0.4, 0.5) is 10.1 Å². The van der Waals surface area contributed by atoms with Gasteiger partial charge in [0.15, 0.2) is 0 Å². The molecule has 1 atom stereocenters. The molecule has 1 heterocycles. The van der Waals surface area contributed by atoms with Gasteiger partial charge < -0.3 is 14.7 Å². The minimum absolute atomic E-state index is 0.0613. The number of hydrogen-bond acceptors (Lipinski definition) is 3. The summed E-state index contributed by atoms with van der Waals surface area (Å²) in [5.41, 5.74) is 1.97. The zero-order valence-corrected chi connectivity index (χ0v) is 12.8. The van der Waals surface area contributed by atoms with Gasteiger partial charge >= 0.3 is 5.97 Å². The van der Waals surface area contributed by atoms with Crippen molar-refractivity contribution in [3.05, 3.63) is 59.4 Å². The van der Waals surface area contributed by atoms with Crippen LogP contribution >= 0.6 is 0 Å². The van der Waals surface area contributed by atoms with Crippen molar-refractivity contribution in [3.8, 4) is 5.75 Å². The Kier molecular flexibility index (Phi) is 4.19. The number of hydrogen-bond donors (Lipinski definition) is 1. The lowest BCUT2D eigenvalue weighted by molar-refractivity contribution is 0.0697. The molecule has 0 aliphatic carbocycles. The van der Waals surface area contributed by atoms with Crippen LogP contribution in [0.2, 0.25) is 0 Å². The molecule has 0 spiro atoms. The predicted octanol–water partition coefficient (Wildman–Crippen LogP) is 3.70. The maximum Gasteiger partial charge on any atom is 0.335 e. The van der Waals surface area contributed by atoms with Crippen molar-refractivity contribution < 1.29 is 19.0 Å². The summed E-state index contributed by atoms with van der Waals surface area (Å²) in [6.07, 6.45) is 0.928. The highest BCUT2D eigenvalue weighted by atomic mass is 19.1. The van der Waals surface area contributed by atoms with E-state index in [1.165, 1.54) is 12.1 Å². The van der Waals surface area contributed by atoms with Crippen molar-refractivity contribution in [3.63, 3.8) is 0 Å². The Balaban J connectivity index is 1.86. The maximum atomic E-state index is 13.6. The number of carbonyl (C=O) groups is 1. The normalized spacial score (nSPS) is 16.6. The first-order chi connectivity index (χ1) is 11.1. The van der Waals surface area contributed by atoms with Gasteiger partial charge in [-0.2, -0.15) is 0 Å². The summed E-state index contributed by atoms with van der Waals surface area (Å²) in [6, 6.07) is 11.3. The molecule has 1 aliphatic rings. The molecule has 0 fully saturated rings. The third-order valence-electron chi connectivity index (χ3n) is 4.01. The molecule has 4 nitrogen and oxygen atoms in total. The van der Waals surface area contributed by atoms with Gasteiger partial charge in [-0.1, -0.05) is 19.1 Å². The SMILES string of the molecule is CCC1CN(Cc2ccc(C(=O)O)cc2)c2cc(F)ccc2O1. The van der Waals surface area contributed by atoms with Crippen LogP contribution in [0.1, 0.15) is 29.3 Å². The topological polar surface area (TPSA) is 49.8 Å². The number of ether oxygens (including phenoxy) is 1. The van der Waals surface area contributed by atoms with Crippen molar-refractivity contribution in [2.75, 3.05) is 11.4 Å². The third kappa shape index (κ3) is 3.28. The standard InChI is InChI=1S/C18H18FNO3/c1-2-15-11-20(16-9-14(19)7-8-17(16)23-15)10-12-3-5-13(6-4-12)18(21)22/h3-9,15H,2,10-11H2,1H3,(H,21,22). The number of anilines is 1. The van der Waals surface area contributed by atoms with Crippen LogP contribution in [0.25, 0.3) is 0 Å². The summed E-state index contributed by atoms with van der Waals surface area (Å²) in [5, 5.41) is 8.96. The molecule has 0 saturated carbocycles. The van der Waals surface area contributed by atoms with Crippen LogP contribution in [0.15, 0.2) is 42.5 Å². The lowest BCUT2D eigenvalue weighted by Crippen LogP contribution is -2.39. The first-order valence-electron chi connectivity index (χ1n) is 7.60. The quantitative estimate of drug-likeness (QED) is 0.934. The molecule has 1 unspecified atom stereocenters. The van der Waals surface area contributed by atoms with Crippen molar-refractivity contribution in [2.24, 2.45) is 0 Å². The fourth-order valence-electron chi connectivity index (χ4n) is 2.73. The van der Waals surface area contributed by atoms with Crippen LogP contribution < -0.4 is 9.64 Å². The van der Waals surface area contributed by atoms with Crippen molar-refractivity contribution in [2.45, 2.75) is 26.0 Å². The number of carboxylic acid groups (broad SMARTS) is 1. The first kappa shape index (κ1) is 15.3. The van der Waals surface area contributed by atoms with E-state index in [1.54, 1.807) is 30.3 Å². The van der Waals surface area contributed by atoms with Gasteiger partial charge in [0.1, 0.15) is 17.7 Å². The molecule has 1 N–H and O–H groups in total. The first-order valence-corrected chi connectivity index (χ1v) is 7.60. The summed E-state index contributed by atoms with van der Waals surface area (Å²) in [4.78, 5) is 13.0. The number of benzene rings is 2. The second-order valence-corrected chi connectivity index (χ2v) is 5.64. The molecule has 2 aromatic rings. The Labute approximate surface area is 134 Å². The highest BCUT2D eigenvalue weighted by Crippen LogP contribution is 2.35. The largest absolute Gasteiger partial charge is 0.486 e. The predicted molar refractivity (Wildman–Crippen MR) is 85.6 cm³/mol. The molecule has 1 aliphatic heterocycles. The Morgan fingerprint density at radius 2 is 2.04 bits per heavy atom. The molecule has 0 aromatic heterocycles. The van der Waals surface area contributed by atoms with Crippen molar-refractivity contribution >= 4 is 11.7 Å². The summed E-state index contributed by atoms with van der Waals surface area (Å²) in [6.45, 7) is 3.31. The van der Waals surface area contributed by atoms with Crippen LogP contribution in [0.5, 0.6) is 5.75 Å². The summed E-state index contributed by atoms with van der Waals surface area (Å²) >= 11 is 0. The third-order valence-corrected chi connectivity index (χ3v) is 4.01. The van der Waals surface area contributed by atoms with Crippen molar-refractivity contribution in [1.82, 2.24) is 0 Å². The molecule has 2 aromatic carbocycles. The highest BCUT2D eigenvalue weighted by Gasteiger charge is 2.25. The zero-order valence-electron chi connectivity index (χ0n) is 12.8. The van der Waals surface area contributed by atoms with E-state index < -0.39 is 5.97 Å². The van der Waals surface area contributed by atoms with E-state index in [9.17, 15) is 9.18 Å². The molecule has 5 heteroatoms. The van der Waals surface area contributed by atoms with Crippen molar-refractivity contribution in [1.29, 1.82) is 0 Å². The summed E-state index contributed by atoms with van der Waals surface area (Å²) in [5.74, 6) is -0.554. The molecule has 3 rings (SSSR count). The fraction of sp³-hybridized carbons (Fsp3) is 0.278. The molecular formula is C18H18FNO3. The van der Waals surface area contributed by atoms with E-state index >= 15 is 0 Å². The van der Waals surface area contributed by atoms with Crippen LogP contribution in [0, 0.1) is 5.82 Å². The Morgan fingerprint density at radius 3 is 2.70 bits per heavy atom. The molecule has 120 valence electrons. The van der Waals surface area contributed by atoms with Gasteiger partial charge in [-0.3, -0.25) is 0 Å². The lowest BCUT2D eigenvalue weighted by atomic mass is 10.1. The Bertz CT molecular complexity index is 715. The fourth-order valence-corrected chi connectivity index (χ4v) is 2.73. The minimum atomic E-state index is -0.943. The smallest absolute Gasteiger partial charge is 0.335 e. The van der Waals surface area contributed by atoms with E-state index in [0.717, 1.165) is 17.7 Å². The second kappa shape index (κ2) is 6.28. The summed E-state index contributed by atoms with van der Waals surface area (Å²) in [7, 11) is 0. The highest BCUT2D eigenvalue weighted by molar-refractivity contribution is 5.87. The van der Waals surface area contributed by atoms with Gasteiger partial charge in [-0.15, -0.1) is 0 Å². The molecule has 0 saturated heterocycles. The second-order valence-electron chi connectivity index (χ2n) is 5.64. The molecule has 23 heavy (non-hydrogen) atoms. The number of nitrogens with zero attached hydrogens (tertiary/aromatic N) is 1. The molecule has 0 amide bonds. The maximum absolute atomic E-state index is 13.6. The van der Waals surface area contributed by atoms with Gasteiger partial charge in [-0.25, -0.2) is 9.18 Å². The number of carboxylic acids is 1. The van der Waals surface area contributed by atoms with Crippen LogP contribution in [-0.2, 0) is 6.54 Å². The lowest BCUT2D eigenvalue weighted by Gasteiger charge is -2.36. The molecule has 0 radical (unpaired) electrons. The number of halogens is 1. The van der Waals surface area contributed by atoms with Gasteiger partial charge in [0.2, 0.25) is 0 Å².